The fraction of sp³-hybridized carbons (Fsp3) is 0.471. The first kappa shape index (κ1) is 14.2. The highest BCUT2D eigenvalue weighted by atomic mass is 19.1. The van der Waals surface area contributed by atoms with E-state index in [0.29, 0.717) is 12.0 Å². The van der Waals surface area contributed by atoms with Crippen LogP contribution in [0.25, 0.3) is 0 Å². The lowest BCUT2D eigenvalue weighted by Gasteiger charge is -2.33. The molecule has 0 radical (unpaired) electrons. The molecule has 21 heavy (non-hydrogen) atoms. The van der Waals surface area contributed by atoms with Gasteiger partial charge in [0.15, 0.2) is 5.78 Å². The van der Waals surface area contributed by atoms with Crippen molar-refractivity contribution in [1.82, 2.24) is 0 Å². The summed E-state index contributed by atoms with van der Waals surface area (Å²) in [6.45, 7) is 0. The lowest BCUT2D eigenvalue weighted by Crippen LogP contribution is -2.33. The van der Waals surface area contributed by atoms with Crippen molar-refractivity contribution in [2.45, 2.75) is 44.9 Å². The molecule has 2 aliphatic rings. The Morgan fingerprint density at radius 3 is 2.33 bits per heavy atom. The quantitative estimate of drug-likeness (QED) is 0.808. The van der Waals surface area contributed by atoms with Gasteiger partial charge in [0.25, 0.3) is 0 Å². The van der Waals surface area contributed by atoms with E-state index < -0.39 is 11.6 Å². The third kappa shape index (κ3) is 2.59. The van der Waals surface area contributed by atoms with Crippen molar-refractivity contribution in [1.29, 1.82) is 0 Å². The first-order chi connectivity index (χ1) is 10.1. The summed E-state index contributed by atoms with van der Waals surface area (Å²) in [5, 5.41) is 2.65. The van der Waals surface area contributed by atoms with Crippen LogP contribution in [0.1, 0.15) is 44.9 Å². The van der Waals surface area contributed by atoms with Crippen LogP contribution in [-0.2, 0) is 4.79 Å². The SMILES string of the molecule is O=C1/C(=C\Nc2c(F)cccc2F)CCCC12CCCC2. The molecular weight excluding hydrogens is 272 g/mol. The van der Waals surface area contributed by atoms with E-state index in [-0.39, 0.29) is 16.9 Å². The molecular formula is C17H19F2NO. The van der Waals surface area contributed by atoms with Gasteiger partial charge in [0.2, 0.25) is 0 Å². The minimum Gasteiger partial charge on any atom is -0.357 e. The maximum absolute atomic E-state index is 13.6. The monoisotopic (exact) mass is 291 g/mol. The number of ketones is 1. The van der Waals surface area contributed by atoms with Gasteiger partial charge >= 0.3 is 0 Å². The number of halogens is 2. The Morgan fingerprint density at radius 2 is 1.67 bits per heavy atom. The standard InChI is InChI=1S/C17H19F2NO/c18-13-6-3-7-14(19)15(13)20-11-12-5-4-10-17(16(12)21)8-1-2-9-17/h3,6-7,11,20H,1-2,4-5,8-10H2/b12-11-. The van der Waals surface area contributed by atoms with E-state index in [2.05, 4.69) is 5.32 Å². The maximum atomic E-state index is 13.6. The molecule has 3 rings (SSSR count). The Hall–Kier alpha value is -1.71. The summed E-state index contributed by atoms with van der Waals surface area (Å²) in [7, 11) is 0. The summed E-state index contributed by atoms with van der Waals surface area (Å²) in [5.41, 5.74) is 0.286. The molecule has 1 N–H and O–H groups in total. The minimum atomic E-state index is -0.648. The van der Waals surface area contributed by atoms with E-state index in [1.165, 1.54) is 24.4 Å². The fourth-order valence-corrected chi connectivity index (χ4v) is 3.65. The first-order valence-corrected chi connectivity index (χ1v) is 7.57. The van der Waals surface area contributed by atoms with Crippen molar-refractivity contribution < 1.29 is 13.6 Å². The van der Waals surface area contributed by atoms with Gasteiger partial charge in [-0.2, -0.15) is 0 Å². The van der Waals surface area contributed by atoms with Crippen molar-refractivity contribution in [3.63, 3.8) is 0 Å². The predicted octanol–water partition coefficient (Wildman–Crippen LogP) is 4.57. The zero-order valence-corrected chi connectivity index (χ0v) is 11.9. The molecule has 0 unspecified atom stereocenters. The van der Waals surface area contributed by atoms with E-state index in [4.69, 9.17) is 0 Å². The number of hydrogen-bond donors (Lipinski definition) is 1. The summed E-state index contributed by atoms with van der Waals surface area (Å²) in [6.07, 6.45) is 8.24. The van der Waals surface area contributed by atoms with E-state index in [0.717, 1.165) is 38.5 Å². The Bertz CT molecular complexity index is 568. The molecule has 2 fully saturated rings. The highest BCUT2D eigenvalue weighted by molar-refractivity contribution is 6.01. The van der Waals surface area contributed by atoms with Crippen molar-refractivity contribution in [2.24, 2.45) is 5.41 Å². The Balaban J connectivity index is 1.81. The summed E-state index contributed by atoms with van der Waals surface area (Å²) >= 11 is 0. The number of hydrogen-bond acceptors (Lipinski definition) is 2. The normalized spacial score (nSPS) is 23.0. The van der Waals surface area contributed by atoms with Crippen LogP contribution in [0.5, 0.6) is 0 Å². The number of para-hydroxylation sites is 1. The van der Waals surface area contributed by atoms with Crippen molar-refractivity contribution in [2.75, 3.05) is 5.32 Å². The second-order valence-electron chi connectivity index (χ2n) is 6.08. The lowest BCUT2D eigenvalue weighted by molar-refractivity contribution is -0.126. The molecule has 2 aliphatic carbocycles. The van der Waals surface area contributed by atoms with Crippen LogP contribution in [0.4, 0.5) is 14.5 Å². The van der Waals surface area contributed by atoms with E-state index >= 15 is 0 Å². The lowest BCUT2D eigenvalue weighted by atomic mass is 9.70. The van der Waals surface area contributed by atoms with Gasteiger partial charge in [-0.25, -0.2) is 8.78 Å². The van der Waals surface area contributed by atoms with Crippen molar-refractivity contribution in [3.8, 4) is 0 Å². The van der Waals surface area contributed by atoms with Gasteiger partial charge in [-0.05, 0) is 44.2 Å². The average Bonchev–Trinajstić information content (AvgIpc) is 2.92. The molecule has 0 saturated heterocycles. The second kappa shape index (κ2) is 5.58. The van der Waals surface area contributed by atoms with Crippen LogP contribution >= 0.6 is 0 Å². The average molecular weight is 291 g/mol. The molecule has 0 aliphatic heterocycles. The third-order valence-corrected chi connectivity index (χ3v) is 4.79. The molecule has 4 heteroatoms. The number of allylic oxidation sites excluding steroid dienone is 1. The molecule has 0 atom stereocenters. The molecule has 2 saturated carbocycles. The second-order valence-corrected chi connectivity index (χ2v) is 6.08. The topological polar surface area (TPSA) is 29.1 Å². The fourth-order valence-electron chi connectivity index (χ4n) is 3.65. The van der Waals surface area contributed by atoms with E-state index in [1.807, 2.05) is 0 Å². The molecule has 1 aromatic rings. The zero-order valence-electron chi connectivity index (χ0n) is 11.9. The van der Waals surface area contributed by atoms with Crippen LogP contribution in [-0.4, -0.2) is 5.78 Å². The summed E-state index contributed by atoms with van der Waals surface area (Å²) in [6, 6.07) is 3.72. The zero-order chi connectivity index (χ0) is 14.9. The Morgan fingerprint density at radius 1 is 1.05 bits per heavy atom. The molecule has 2 nitrogen and oxygen atoms in total. The molecule has 1 aromatic carbocycles. The predicted molar refractivity (Wildman–Crippen MR) is 77.8 cm³/mol. The molecule has 0 aromatic heterocycles. The molecule has 0 amide bonds. The smallest absolute Gasteiger partial charge is 0.166 e. The van der Waals surface area contributed by atoms with E-state index in [9.17, 15) is 13.6 Å². The Labute approximate surface area is 123 Å². The maximum Gasteiger partial charge on any atom is 0.166 e. The van der Waals surface area contributed by atoms with Gasteiger partial charge in [0.05, 0.1) is 0 Å². The number of Topliss-reactive ketones (excluding diaryl/α,β-unsaturated/α-hetero) is 1. The number of anilines is 1. The molecule has 0 heterocycles. The largest absolute Gasteiger partial charge is 0.357 e. The van der Waals surface area contributed by atoms with Crippen LogP contribution in [0.15, 0.2) is 30.0 Å². The van der Waals surface area contributed by atoms with Crippen LogP contribution in [0, 0.1) is 17.0 Å². The summed E-state index contributed by atoms with van der Waals surface area (Å²) in [4.78, 5) is 12.6. The van der Waals surface area contributed by atoms with Gasteiger partial charge in [-0.1, -0.05) is 18.9 Å². The number of nitrogens with one attached hydrogen (secondary N) is 1. The van der Waals surface area contributed by atoms with Crippen molar-refractivity contribution >= 4 is 11.5 Å². The first-order valence-electron chi connectivity index (χ1n) is 7.57. The number of carbonyl (C=O) groups is 1. The van der Waals surface area contributed by atoms with Gasteiger partial charge in [0, 0.05) is 17.2 Å². The minimum absolute atomic E-state index is 0.176. The third-order valence-electron chi connectivity index (χ3n) is 4.79. The van der Waals surface area contributed by atoms with Gasteiger partial charge in [0.1, 0.15) is 17.3 Å². The Kier molecular flexibility index (Phi) is 3.79. The highest BCUT2D eigenvalue weighted by Crippen LogP contribution is 2.48. The van der Waals surface area contributed by atoms with Crippen LogP contribution in [0.2, 0.25) is 0 Å². The van der Waals surface area contributed by atoms with Crippen LogP contribution in [0.3, 0.4) is 0 Å². The molecule has 112 valence electrons. The number of carbonyl (C=O) groups excluding carboxylic acids is 1. The van der Waals surface area contributed by atoms with Gasteiger partial charge in [-0.3, -0.25) is 4.79 Å². The van der Waals surface area contributed by atoms with Crippen molar-refractivity contribution in [3.05, 3.63) is 41.6 Å². The summed E-state index contributed by atoms with van der Waals surface area (Å²) in [5.74, 6) is -1.12. The highest BCUT2D eigenvalue weighted by Gasteiger charge is 2.43. The van der Waals surface area contributed by atoms with Crippen LogP contribution < -0.4 is 5.32 Å². The number of benzene rings is 1. The van der Waals surface area contributed by atoms with Gasteiger partial charge < -0.3 is 5.32 Å². The molecule has 0 bridgehead atoms. The summed E-state index contributed by atoms with van der Waals surface area (Å²) < 4.78 is 27.2. The molecule has 1 spiro atoms. The van der Waals surface area contributed by atoms with Gasteiger partial charge in [-0.15, -0.1) is 0 Å². The van der Waals surface area contributed by atoms with E-state index in [1.54, 1.807) is 0 Å². The number of rotatable bonds is 2.